The topological polar surface area (TPSA) is 58.3 Å². The lowest BCUT2D eigenvalue weighted by molar-refractivity contribution is 0.189. The highest BCUT2D eigenvalue weighted by molar-refractivity contribution is 5.69. The number of rotatable bonds is 4. The Morgan fingerprint density at radius 1 is 1.50 bits per heavy atom. The van der Waals surface area contributed by atoms with Crippen LogP contribution in [-0.4, -0.2) is 17.8 Å². The van der Waals surface area contributed by atoms with E-state index in [4.69, 9.17) is 10.8 Å². The smallest absolute Gasteiger partial charge is 0.0579 e. The molecule has 14 heavy (non-hydrogen) atoms. The van der Waals surface area contributed by atoms with Crippen LogP contribution in [0.1, 0.15) is 18.9 Å². The van der Waals surface area contributed by atoms with E-state index >= 15 is 0 Å². The van der Waals surface area contributed by atoms with Crippen molar-refractivity contribution in [2.75, 3.05) is 17.6 Å². The molecule has 0 radical (unpaired) electrons. The average Bonchev–Trinajstić information content (AvgIpc) is 2.12. The lowest BCUT2D eigenvalue weighted by Crippen LogP contribution is -2.11. The number of hydrogen-bond acceptors (Lipinski definition) is 3. The second-order valence-corrected chi connectivity index (χ2v) is 3.60. The van der Waals surface area contributed by atoms with Gasteiger partial charge in [-0.1, -0.05) is 12.1 Å². The van der Waals surface area contributed by atoms with Crippen LogP contribution in [0.25, 0.3) is 0 Å². The van der Waals surface area contributed by atoms with E-state index in [2.05, 4.69) is 5.32 Å². The van der Waals surface area contributed by atoms with Crippen molar-refractivity contribution in [3.05, 3.63) is 23.8 Å². The molecule has 0 saturated carbocycles. The molecule has 1 unspecified atom stereocenters. The first-order chi connectivity index (χ1) is 6.61. The first-order valence-corrected chi connectivity index (χ1v) is 4.88. The summed E-state index contributed by atoms with van der Waals surface area (Å²) >= 11 is 0. The zero-order valence-corrected chi connectivity index (χ0v) is 8.75. The number of hydrogen-bond donors (Lipinski definition) is 3. The average molecular weight is 194 g/mol. The van der Waals surface area contributed by atoms with Crippen molar-refractivity contribution in [3.63, 3.8) is 0 Å². The molecule has 1 aromatic carbocycles. The molecule has 3 heteroatoms. The third-order valence-electron chi connectivity index (χ3n) is 2.20. The Bertz CT molecular complexity index is 297. The van der Waals surface area contributed by atoms with Crippen molar-refractivity contribution in [2.45, 2.75) is 26.4 Å². The number of aryl methyl sites for hydroxylation is 1. The van der Waals surface area contributed by atoms with Gasteiger partial charge in [-0.2, -0.15) is 0 Å². The Kier molecular flexibility index (Phi) is 3.77. The van der Waals surface area contributed by atoms with Crippen LogP contribution in [0.15, 0.2) is 18.2 Å². The zero-order chi connectivity index (χ0) is 10.6. The van der Waals surface area contributed by atoms with Gasteiger partial charge < -0.3 is 16.2 Å². The monoisotopic (exact) mass is 194 g/mol. The zero-order valence-electron chi connectivity index (χ0n) is 8.75. The number of nitrogens with two attached hydrogens (primary N) is 1. The van der Waals surface area contributed by atoms with E-state index in [1.54, 1.807) is 6.92 Å². The number of nitrogen functional groups attached to an aromatic ring is 1. The predicted molar refractivity (Wildman–Crippen MR) is 60.4 cm³/mol. The normalized spacial score (nSPS) is 12.5. The molecule has 0 spiro atoms. The van der Waals surface area contributed by atoms with Crippen LogP contribution in [0.5, 0.6) is 0 Å². The number of para-hydroxylation sites is 1. The maximum absolute atomic E-state index is 9.08. The van der Waals surface area contributed by atoms with Gasteiger partial charge in [0.05, 0.1) is 17.5 Å². The molecule has 0 amide bonds. The van der Waals surface area contributed by atoms with E-state index in [9.17, 15) is 0 Å². The molecular formula is C11H18N2O. The molecule has 78 valence electrons. The molecule has 0 saturated heterocycles. The third kappa shape index (κ3) is 2.92. The van der Waals surface area contributed by atoms with Gasteiger partial charge in [0.25, 0.3) is 0 Å². The molecule has 0 bridgehead atoms. The van der Waals surface area contributed by atoms with Crippen molar-refractivity contribution < 1.29 is 5.11 Å². The van der Waals surface area contributed by atoms with Gasteiger partial charge in [-0.15, -0.1) is 0 Å². The molecule has 1 rings (SSSR count). The Hall–Kier alpha value is -1.22. The molecule has 0 heterocycles. The van der Waals surface area contributed by atoms with Crippen LogP contribution >= 0.6 is 0 Å². The minimum Gasteiger partial charge on any atom is -0.397 e. The SMILES string of the molecule is Cc1cccc(NCCC(C)O)c1N. The number of aliphatic hydroxyl groups is 1. The summed E-state index contributed by atoms with van der Waals surface area (Å²) in [6.45, 7) is 4.50. The van der Waals surface area contributed by atoms with E-state index in [0.29, 0.717) is 0 Å². The second-order valence-electron chi connectivity index (χ2n) is 3.60. The minimum absolute atomic E-state index is 0.270. The van der Waals surface area contributed by atoms with Gasteiger partial charge in [0.1, 0.15) is 0 Å². The maximum Gasteiger partial charge on any atom is 0.0579 e. The lowest BCUT2D eigenvalue weighted by Gasteiger charge is -2.11. The fourth-order valence-electron chi connectivity index (χ4n) is 1.25. The van der Waals surface area contributed by atoms with Crippen molar-refractivity contribution in [1.82, 2.24) is 0 Å². The summed E-state index contributed by atoms with van der Waals surface area (Å²) in [5, 5.41) is 12.3. The van der Waals surface area contributed by atoms with Crippen LogP contribution in [0.3, 0.4) is 0 Å². The van der Waals surface area contributed by atoms with Crippen LogP contribution in [-0.2, 0) is 0 Å². The molecular weight excluding hydrogens is 176 g/mol. The lowest BCUT2D eigenvalue weighted by atomic mass is 10.1. The largest absolute Gasteiger partial charge is 0.397 e. The quantitative estimate of drug-likeness (QED) is 0.640. The van der Waals surface area contributed by atoms with Gasteiger partial charge in [0.15, 0.2) is 0 Å². The van der Waals surface area contributed by atoms with Crippen molar-refractivity contribution in [3.8, 4) is 0 Å². The van der Waals surface area contributed by atoms with E-state index < -0.39 is 0 Å². The Morgan fingerprint density at radius 2 is 2.21 bits per heavy atom. The van der Waals surface area contributed by atoms with Gasteiger partial charge >= 0.3 is 0 Å². The van der Waals surface area contributed by atoms with Gasteiger partial charge in [-0.05, 0) is 31.9 Å². The Balaban J connectivity index is 2.54. The highest BCUT2D eigenvalue weighted by Gasteiger charge is 2.01. The van der Waals surface area contributed by atoms with Gasteiger partial charge in [0.2, 0.25) is 0 Å². The minimum atomic E-state index is -0.270. The van der Waals surface area contributed by atoms with Crippen molar-refractivity contribution >= 4 is 11.4 Å². The van der Waals surface area contributed by atoms with E-state index in [1.165, 1.54) is 0 Å². The highest BCUT2D eigenvalue weighted by atomic mass is 16.3. The molecule has 3 nitrogen and oxygen atoms in total. The highest BCUT2D eigenvalue weighted by Crippen LogP contribution is 2.21. The Morgan fingerprint density at radius 3 is 2.86 bits per heavy atom. The summed E-state index contributed by atoms with van der Waals surface area (Å²) < 4.78 is 0. The molecule has 4 N–H and O–H groups in total. The number of aliphatic hydroxyl groups excluding tert-OH is 1. The van der Waals surface area contributed by atoms with E-state index in [0.717, 1.165) is 29.9 Å². The first kappa shape index (κ1) is 10.9. The van der Waals surface area contributed by atoms with Crippen LogP contribution < -0.4 is 11.1 Å². The van der Waals surface area contributed by atoms with Crippen LogP contribution in [0.2, 0.25) is 0 Å². The molecule has 0 aliphatic carbocycles. The van der Waals surface area contributed by atoms with E-state index in [-0.39, 0.29) is 6.10 Å². The molecule has 0 aliphatic heterocycles. The first-order valence-electron chi connectivity index (χ1n) is 4.88. The van der Waals surface area contributed by atoms with Crippen LogP contribution in [0.4, 0.5) is 11.4 Å². The molecule has 1 aromatic rings. The predicted octanol–water partition coefficient (Wildman–Crippen LogP) is 1.76. The number of nitrogens with one attached hydrogen (secondary N) is 1. The summed E-state index contributed by atoms with van der Waals surface area (Å²) in [5.41, 5.74) is 8.69. The summed E-state index contributed by atoms with van der Waals surface area (Å²) in [6, 6.07) is 5.90. The second kappa shape index (κ2) is 4.86. The summed E-state index contributed by atoms with van der Waals surface area (Å²) in [5.74, 6) is 0. The fourth-order valence-corrected chi connectivity index (χ4v) is 1.25. The van der Waals surface area contributed by atoms with Crippen LogP contribution in [0, 0.1) is 6.92 Å². The van der Waals surface area contributed by atoms with Crippen molar-refractivity contribution in [1.29, 1.82) is 0 Å². The Labute approximate surface area is 84.9 Å². The summed E-state index contributed by atoms with van der Waals surface area (Å²) in [4.78, 5) is 0. The molecule has 0 aliphatic rings. The van der Waals surface area contributed by atoms with E-state index in [1.807, 2.05) is 25.1 Å². The van der Waals surface area contributed by atoms with Crippen molar-refractivity contribution in [2.24, 2.45) is 0 Å². The molecule has 0 fully saturated rings. The number of anilines is 2. The van der Waals surface area contributed by atoms with Gasteiger partial charge in [-0.3, -0.25) is 0 Å². The molecule has 0 aromatic heterocycles. The summed E-state index contributed by atoms with van der Waals surface area (Å²) in [7, 11) is 0. The third-order valence-corrected chi connectivity index (χ3v) is 2.20. The van der Waals surface area contributed by atoms with Gasteiger partial charge in [-0.25, -0.2) is 0 Å². The van der Waals surface area contributed by atoms with Gasteiger partial charge in [0, 0.05) is 6.54 Å². The fraction of sp³-hybridized carbons (Fsp3) is 0.455. The standard InChI is InChI=1S/C11H18N2O/c1-8-4-3-5-10(11(8)12)13-7-6-9(2)14/h3-5,9,13-14H,6-7,12H2,1-2H3. The summed E-state index contributed by atoms with van der Waals surface area (Å²) in [6.07, 6.45) is 0.460. The number of benzene rings is 1. The maximum atomic E-state index is 9.08. The molecule has 1 atom stereocenters.